The molecule has 25 heavy (non-hydrogen) atoms. The van der Waals surface area contributed by atoms with E-state index in [0.717, 1.165) is 35.6 Å². The van der Waals surface area contributed by atoms with Gasteiger partial charge in [-0.1, -0.05) is 11.8 Å². The van der Waals surface area contributed by atoms with Crippen LogP contribution < -0.4 is 0 Å². The van der Waals surface area contributed by atoms with Gasteiger partial charge in [0.05, 0.1) is 4.88 Å². The zero-order chi connectivity index (χ0) is 18.2. The minimum atomic E-state index is -0.999. The van der Waals surface area contributed by atoms with Gasteiger partial charge in [0.2, 0.25) is 0 Å². The summed E-state index contributed by atoms with van der Waals surface area (Å²) in [6, 6.07) is 4.00. The summed E-state index contributed by atoms with van der Waals surface area (Å²) >= 11 is 1.60. The zero-order valence-corrected chi connectivity index (χ0v) is 15.4. The molecule has 0 aliphatic carbocycles. The fourth-order valence-electron chi connectivity index (χ4n) is 2.92. The predicted molar refractivity (Wildman–Crippen MR) is 95.5 cm³/mol. The van der Waals surface area contributed by atoms with Crippen molar-refractivity contribution in [3.05, 3.63) is 38.8 Å². The number of carboxylic acid groups (broad SMARTS) is 1. The zero-order valence-electron chi connectivity index (χ0n) is 14.5. The first-order valence-electron chi connectivity index (χ1n) is 8.07. The van der Waals surface area contributed by atoms with E-state index in [-0.39, 0.29) is 5.69 Å². The maximum Gasteiger partial charge on any atom is 0.356 e. The Bertz CT molecular complexity index is 864. The monoisotopic (exact) mass is 359 g/mol. The van der Waals surface area contributed by atoms with Gasteiger partial charge in [0.15, 0.2) is 5.69 Å². The SMILES string of the molecule is Cn1nc(C(=O)O)c2c1CCN(Cc1ccc(C#CC(C)(C)O)s1)C2. The lowest BCUT2D eigenvalue weighted by molar-refractivity contribution is 0.0687. The predicted octanol–water partition coefficient (Wildman–Crippen LogP) is 1.86. The Balaban J connectivity index is 1.72. The van der Waals surface area contributed by atoms with Gasteiger partial charge in [-0.3, -0.25) is 9.58 Å². The third kappa shape index (κ3) is 4.10. The van der Waals surface area contributed by atoms with Gasteiger partial charge >= 0.3 is 5.97 Å². The Labute approximate surface area is 150 Å². The first kappa shape index (κ1) is 17.7. The van der Waals surface area contributed by atoms with E-state index in [0.29, 0.717) is 6.54 Å². The van der Waals surface area contributed by atoms with Crippen LogP contribution in [0.15, 0.2) is 12.1 Å². The van der Waals surface area contributed by atoms with Crippen molar-refractivity contribution < 1.29 is 15.0 Å². The van der Waals surface area contributed by atoms with Crippen LogP contribution >= 0.6 is 11.3 Å². The van der Waals surface area contributed by atoms with Crippen molar-refractivity contribution in [3.8, 4) is 11.8 Å². The quantitative estimate of drug-likeness (QED) is 0.818. The number of aryl methyl sites for hydroxylation is 1. The van der Waals surface area contributed by atoms with Crippen molar-refractivity contribution >= 4 is 17.3 Å². The summed E-state index contributed by atoms with van der Waals surface area (Å²) in [7, 11) is 1.80. The number of fused-ring (bicyclic) bond motifs is 1. The van der Waals surface area contributed by atoms with Crippen LogP contribution in [0.4, 0.5) is 0 Å². The molecule has 2 N–H and O–H groups in total. The molecule has 0 atom stereocenters. The van der Waals surface area contributed by atoms with Crippen molar-refractivity contribution in [2.24, 2.45) is 7.05 Å². The summed E-state index contributed by atoms with van der Waals surface area (Å²) in [5, 5.41) is 23.1. The molecule has 1 aliphatic rings. The third-order valence-electron chi connectivity index (χ3n) is 4.06. The van der Waals surface area contributed by atoms with Gasteiger partial charge in [-0.2, -0.15) is 5.10 Å². The van der Waals surface area contributed by atoms with Crippen molar-refractivity contribution in [2.45, 2.75) is 39.0 Å². The summed E-state index contributed by atoms with van der Waals surface area (Å²) in [5.41, 5.74) is 0.988. The normalized spacial score (nSPS) is 14.7. The molecule has 0 saturated carbocycles. The van der Waals surface area contributed by atoms with E-state index in [2.05, 4.69) is 21.8 Å². The Kier molecular flexibility index (Phi) is 4.69. The maximum atomic E-state index is 11.4. The van der Waals surface area contributed by atoms with Gasteiger partial charge in [-0.05, 0) is 26.0 Å². The fraction of sp³-hybridized carbons (Fsp3) is 0.444. The highest BCUT2D eigenvalue weighted by Crippen LogP contribution is 2.25. The van der Waals surface area contributed by atoms with Gasteiger partial charge < -0.3 is 10.2 Å². The topological polar surface area (TPSA) is 78.6 Å². The first-order valence-corrected chi connectivity index (χ1v) is 8.89. The molecule has 6 nitrogen and oxygen atoms in total. The van der Waals surface area contributed by atoms with E-state index in [4.69, 9.17) is 0 Å². The fourth-order valence-corrected chi connectivity index (χ4v) is 3.82. The molecule has 132 valence electrons. The summed E-state index contributed by atoms with van der Waals surface area (Å²) in [4.78, 5) is 15.7. The first-order chi connectivity index (χ1) is 11.7. The molecule has 0 saturated heterocycles. The van der Waals surface area contributed by atoms with E-state index in [1.807, 2.05) is 12.1 Å². The molecule has 0 fully saturated rings. The Morgan fingerprint density at radius 3 is 2.88 bits per heavy atom. The van der Waals surface area contributed by atoms with Gasteiger partial charge in [0.1, 0.15) is 5.60 Å². The van der Waals surface area contributed by atoms with Crippen molar-refractivity contribution in [1.29, 1.82) is 0 Å². The highest BCUT2D eigenvalue weighted by Gasteiger charge is 2.27. The molecule has 2 aromatic rings. The Morgan fingerprint density at radius 1 is 1.44 bits per heavy atom. The molecule has 0 bridgehead atoms. The smallest absolute Gasteiger partial charge is 0.356 e. The highest BCUT2D eigenvalue weighted by molar-refractivity contribution is 7.12. The second kappa shape index (κ2) is 6.64. The maximum absolute atomic E-state index is 11.4. The van der Waals surface area contributed by atoms with Crippen LogP contribution in [-0.2, 0) is 26.6 Å². The molecule has 0 radical (unpaired) electrons. The molecule has 3 rings (SSSR count). The van der Waals surface area contributed by atoms with E-state index in [1.54, 1.807) is 36.9 Å². The average molecular weight is 359 g/mol. The number of aliphatic hydroxyl groups is 1. The van der Waals surface area contributed by atoms with Crippen molar-refractivity contribution in [3.63, 3.8) is 0 Å². The number of thiophene rings is 1. The van der Waals surface area contributed by atoms with Crippen LogP contribution in [0.25, 0.3) is 0 Å². The van der Waals surface area contributed by atoms with Crippen molar-refractivity contribution in [1.82, 2.24) is 14.7 Å². The van der Waals surface area contributed by atoms with Crippen LogP contribution in [0, 0.1) is 11.8 Å². The summed E-state index contributed by atoms with van der Waals surface area (Å²) < 4.78 is 1.69. The number of hydrogen-bond acceptors (Lipinski definition) is 5. The molecule has 0 aromatic carbocycles. The van der Waals surface area contributed by atoms with Gasteiger partial charge in [-0.25, -0.2) is 4.79 Å². The minimum absolute atomic E-state index is 0.158. The van der Waals surface area contributed by atoms with E-state index in [9.17, 15) is 15.0 Å². The molecular weight excluding hydrogens is 338 g/mol. The minimum Gasteiger partial charge on any atom is -0.476 e. The molecule has 0 unspecified atom stereocenters. The number of aromatic nitrogens is 2. The lowest BCUT2D eigenvalue weighted by atomic mass is 10.1. The van der Waals surface area contributed by atoms with E-state index >= 15 is 0 Å². The molecule has 2 aromatic heterocycles. The number of nitrogens with zero attached hydrogens (tertiary/aromatic N) is 3. The van der Waals surface area contributed by atoms with Crippen LogP contribution in [0.2, 0.25) is 0 Å². The second-order valence-electron chi connectivity index (χ2n) is 6.74. The van der Waals surface area contributed by atoms with Crippen LogP contribution in [0.5, 0.6) is 0 Å². The number of hydrogen-bond donors (Lipinski definition) is 2. The van der Waals surface area contributed by atoms with Gasteiger partial charge in [0.25, 0.3) is 0 Å². The number of rotatable bonds is 3. The highest BCUT2D eigenvalue weighted by atomic mass is 32.1. The summed E-state index contributed by atoms with van der Waals surface area (Å²) in [6.45, 7) is 5.53. The number of aromatic carboxylic acids is 1. The lowest BCUT2D eigenvalue weighted by Crippen LogP contribution is -2.30. The second-order valence-corrected chi connectivity index (χ2v) is 7.91. The standard InChI is InChI=1S/C18H21N3O3S/c1-18(2,24)8-6-12-4-5-13(25-12)10-21-9-7-15-14(11-21)16(17(22)23)19-20(15)3/h4-5,24H,7,9-11H2,1-3H3,(H,22,23). The molecule has 0 spiro atoms. The van der Waals surface area contributed by atoms with Crippen LogP contribution in [-0.4, -0.2) is 43.0 Å². The average Bonchev–Trinajstić information content (AvgIpc) is 3.09. The molecule has 7 heteroatoms. The largest absolute Gasteiger partial charge is 0.476 e. The van der Waals surface area contributed by atoms with Gasteiger partial charge in [-0.15, -0.1) is 11.3 Å². The third-order valence-corrected chi connectivity index (χ3v) is 5.04. The number of carbonyl (C=O) groups is 1. The lowest BCUT2D eigenvalue weighted by Gasteiger charge is -2.26. The Hall–Kier alpha value is -2.14. The van der Waals surface area contributed by atoms with Crippen molar-refractivity contribution in [2.75, 3.05) is 6.54 Å². The molecule has 3 heterocycles. The molecule has 1 aliphatic heterocycles. The molecule has 0 amide bonds. The summed E-state index contributed by atoms with van der Waals surface area (Å²) in [6.07, 6.45) is 0.794. The van der Waals surface area contributed by atoms with Crippen LogP contribution in [0.1, 0.15) is 45.3 Å². The molecular formula is C18H21N3O3S. The van der Waals surface area contributed by atoms with E-state index < -0.39 is 11.6 Å². The van der Waals surface area contributed by atoms with Crippen LogP contribution in [0.3, 0.4) is 0 Å². The Morgan fingerprint density at radius 2 is 2.20 bits per heavy atom. The van der Waals surface area contributed by atoms with E-state index in [1.165, 1.54) is 4.88 Å². The number of carboxylic acids is 1. The summed E-state index contributed by atoms with van der Waals surface area (Å²) in [5.74, 6) is 4.84. The van der Waals surface area contributed by atoms with Gasteiger partial charge in [0, 0.05) is 49.2 Å².